The smallest absolute Gasteiger partial charge is 0.185 e. The van der Waals surface area contributed by atoms with Crippen molar-refractivity contribution in [1.29, 1.82) is 0 Å². The van der Waals surface area contributed by atoms with Crippen LogP contribution < -0.4 is 0 Å². The average Bonchev–Trinajstić information content (AvgIpc) is 2.49. The van der Waals surface area contributed by atoms with Crippen LogP contribution >= 0.6 is 0 Å². The summed E-state index contributed by atoms with van der Waals surface area (Å²) in [6, 6.07) is 7.10. The standard InChI is InChI=1S/C13H10N2O.C2H6/c16-13(12-5-8-14-9-6-12)4-3-11-2-1-7-15-10-11;1-2/h1-10H;1-2H3/b4-3+;. The van der Waals surface area contributed by atoms with Gasteiger partial charge in [0.15, 0.2) is 5.78 Å². The van der Waals surface area contributed by atoms with Gasteiger partial charge in [0.2, 0.25) is 0 Å². The molecule has 2 aromatic heterocycles. The zero-order valence-electron chi connectivity index (χ0n) is 10.6. The Morgan fingerprint density at radius 2 is 1.78 bits per heavy atom. The molecule has 0 spiro atoms. The highest BCUT2D eigenvalue weighted by atomic mass is 16.1. The largest absolute Gasteiger partial charge is 0.289 e. The molecule has 0 unspecified atom stereocenters. The SMILES string of the molecule is CC.O=C(/C=C/c1cccnc1)c1ccncc1. The third-order valence-corrected chi connectivity index (χ3v) is 2.08. The zero-order chi connectivity index (χ0) is 13.2. The maximum absolute atomic E-state index is 11.7. The highest BCUT2D eigenvalue weighted by molar-refractivity contribution is 6.06. The predicted molar refractivity (Wildman–Crippen MR) is 73.2 cm³/mol. The summed E-state index contributed by atoms with van der Waals surface area (Å²) in [5, 5.41) is 0. The molecule has 0 fully saturated rings. The van der Waals surface area contributed by atoms with E-state index < -0.39 is 0 Å². The van der Waals surface area contributed by atoms with Crippen molar-refractivity contribution in [3.05, 3.63) is 66.3 Å². The first-order chi connectivity index (χ1) is 8.86. The van der Waals surface area contributed by atoms with Crippen LogP contribution in [-0.4, -0.2) is 15.8 Å². The van der Waals surface area contributed by atoms with E-state index in [1.165, 1.54) is 6.08 Å². The Balaban J connectivity index is 0.000000771. The number of ketones is 1. The number of rotatable bonds is 3. The molecule has 0 radical (unpaired) electrons. The fourth-order valence-corrected chi connectivity index (χ4v) is 1.26. The van der Waals surface area contributed by atoms with Crippen LogP contribution in [0, 0.1) is 0 Å². The summed E-state index contributed by atoms with van der Waals surface area (Å²) in [6.45, 7) is 4.00. The Labute approximate surface area is 107 Å². The second-order valence-corrected chi connectivity index (χ2v) is 3.22. The number of pyridine rings is 2. The number of nitrogens with zero attached hydrogens (tertiary/aromatic N) is 2. The van der Waals surface area contributed by atoms with E-state index in [2.05, 4.69) is 9.97 Å². The van der Waals surface area contributed by atoms with E-state index in [0.717, 1.165) is 5.56 Å². The third kappa shape index (κ3) is 4.29. The molecule has 0 saturated carbocycles. The van der Waals surface area contributed by atoms with Gasteiger partial charge in [-0.3, -0.25) is 14.8 Å². The second-order valence-electron chi connectivity index (χ2n) is 3.22. The van der Waals surface area contributed by atoms with Crippen LogP contribution in [-0.2, 0) is 0 Å². The van der Waals surface area contributed by atoms with Gasteiger partial charge in [0.25, 0.3) is 0 Å². The van der Waals surface area contributed by atoms with Crippen LogP contribution in [0.1, 0.15) is 29.8 Å². The summed E-state index contributed by atoms with van der Waals surface area (Å²) in [4.78, 5) is 19.5. The Morgan fingerprint density at radius 3 is 2.39 bits per heavy atom. The summed E-state index contributed by atoms with van der Waals surface area (Å²) >= 11 is 0. The number of aromatic nitrogens is 2. The maximum Gasteiger partial charge on any atom is 0.185 e. The van der Waals surface area contributed by atoms with E-state index in [-0.39, 0.29) is 5.78 Å². The Hall–Kier alpha value is -2.29. The molecule has 2 rings (SSSR count). The molecule has 2 heterocycles. The lowest BCUT2D eigenvalue weighted by Crippen LogP contribution is -1.93. The molecule has 18 heavy (non-hydrogen) atoms. The highest BCUT2D eigenvalue weighted by Gasteiger charge is 1.99. The Morgan fingerprint density at radius 1 is 1.06 bits per heavy atom. The van der Waals surface area contributed by atoms with Crippen molar-refractivity contribution in [1.82, 2.24) is 9.97 Å². The third-order valence-electron chi connectivity index (χ3n) is 2.08. The minimum Gasteiger partial charge on any atom is -0.289 e. The van der Waals surface area contributed by atoms with E-state index in [1.807, 2.05) is 26.0 Å². The zero-order valence-corrected chi connectivity index (χ0v) is 10.6. The fourth-order valence-electron chi connectivity index (χ4n) is 1.26. The van der Waals surface area contributed by atoms with Gasteiger partial charge in [-0.15, -0.1) is 0 Å². The van der Waals surface area contributed by atoms with Crippen molar-refractivity contribution in [3.8, 4) is 0 Å². The van der Waals surface area contributed by atoms with Crippen molar-refractivity contribution >= 4 is 11.9 Å². The van der Waals surface area contributed by atoms with E-state index in [0.29, 0.717) is 5.56 Å². The monoisotopic (exact) mass is 240 g/mol. The number of carbonyl (C=O) groups is 1. The summed E-state index contributed by atoms with van der Waals surface area (Å²) in [7, 11) is 0. The van der Waals surface area contributed by atoms with E-state index >= 15 is 0 Å². The number of allylic oxidation sites excluding steroid dienone is 1. The Bertz CT molecular complexity index is 492. The van der Waals surface area contributed by atoms with Crippen LogP contribution in [0.5, 0.6) is 0 Å². The summed E-state index contributed by atoms with van der Waals surface area (Å²) < 4.78 is 0. The first kappa shape index (κ1) is 13.8. The average molecular weight is 240 g/mol. The lowest BCUT2D eigenvalue weighted by Gasteiger charge is -1.93. The first-order valence-corrected chi connectivity index (χ1v) is 5.89. The van der Waals surface area contributed by atoms with Crippen LogP contribution in [0.4, 0.5) is 0 Å². The van der Waals surface area contributed by atoms with Gasteiger partial charge >= 0.3 is 0 Å². The quantitative estimate of drug-likeness (QED) is 0.610. The van der Waals surface area contributed by atoms with Gasteiger partial charge < -0.3 is 0 Å². The first-order valence-electron chi connectivity index (χ1n) is 5.89. The molecule has 0 saturated heterocycles. The maximum atomic E-state index is 11.7. The summed E-state index contributed by atoms with van der Waals surface area (Å²) in [6.07, 6.45) is 9.89. The summed E-state index contributed by atoms with van der Waals surface area (Å²) in [5.41, 5.74) is 1.54. The normalized spacial score (nSPS) is 9.67. The lowest BCUT2D eigenvalue weighted by atomic mass is 10.1. The van der Waals surface area contributed by atoms with Gasteiger partial charge in [0.05, 0.1) is 0 Å². The van der Waals surface area contributed by atoms with Crippen molar-refractivity contribution < 1.29 is 4.79 Å². The Kier molecular flexibility index (Phi) is 6.04. The van der Waals surface area contributed by atoms with Crippen LogP contribution in [0.15, 0.2) is 55.1 Å². The predicted octanol–water partition coefficient (Wildman–Crippen LogP) is 3.40. The molecule has 0 aliphatic heterocycles. The van der Waals surface area contributed by atoms with Gasteiger partial charge in [-0.2, -0.15) is 0 Å². The van der Waals surface area contributed by atoms with E-state index in [1.54, 1.807) is 43.0 Å². The molecule has 0 aliphatic carbocycles. The van der Waals surface area contributed by atoms with Gasteiger partial charge in [-0.25, -0.2) is 0 Å². The minimum absolute atomic E-state index is 0.0359. The molecular weight excluding hydrogens is 224 g/mol. The fraction of sp³-hybridized carbons (Fsp3) is 0.133. The van der Waals surface area contributed by atoms with Crippen molar-refractivity contribution in [3.63, 3.8) is 0 Å². The lowest BCUT2D eigenvalue weighted by molar-refractivity contribution is 0.104. The molecule has 92 valence electrons. The summed E-state index contributed by atoms with van der Waals surface area (Å²) in [5.74, 6) is -0.0359. The second kappa shape index (κ2) is 7.90. The molecule has 3 heteroatoms. The van der Waals surface area contributed by atoms with Crippen molar-refractivity contribution in [2.24, 2.45) is 0 Å². The van der Waals surface area contributed by atoms with Crippen LogP contribution in [0.25, 0.3) is 6.08 Å². The van der Waals surface area contributed by atoms with E-state index in [9.17, 15) is 4.79 Å². The molecule has 0 aromatic carbocycles. The van der Waals surface area contributed by atoms with Gasteiger partial charge in [0, 0.05) is 30.4 Å². The molecule has 0 aliphatic rings. The van der Waals surface area contributed by atoms with E-state index in [4.69, 9.17) is 0 Å². The molecule has 0 N–H and O–H groups in total. The van der Waals surface area contributed by atoms with Gasteiger partial charge in [-0.1, -0.05) is 19.9 Å². The number of hydrogen-bond donors (Lipinski definition) is 0. The van der Waals surface area contributed by atoms with Gasteiger partial charge in [-0.05, 0) is 35.9 Å². The number of carbonyl (C=O) groups excluding carboxylic acids is 1. The topological polar surface area (TPSA) is 42.9 Å². The van der Waals surface area contributed by atoms with Crippen molar-refractivity contribution in [2.75, 3.05) is 0 Å². The molecular formula is C15H16N2O. The van der Waals surface area contributed by atoms with Gasteiger partial charge in [0.1, 0.15) is 0 Å². The minimum atomic E-state index is -0.0359. The van der Waals surface area contributed by atoms with Crippen LogP contribution in [0.2, 0.25) is 0 Å². The molecule has 0 atom stereocenters. The highest BCUT2D eigenvalue weighted by Crippen LogP contribution is 2.03. The van der Waals surface area contributed by atoms with Crippen molar-refractivity contribution in [2.45, 2.75) is 13.8 Å². The van der Waals surface area contributed by atoms with Crippen LogP contribution in [0.3, 0.4) is 0 Å². The number of hydrogen-bond acceptors (Lipinski definition) is 3. The molecule has 3 nitrogen and oxygen atoms in total. The molecule has 0 amide bonds. The molecule has 0 bridgehead atoms. The molecule has 2 aromatic rings.